The average molecular weight is 419 g/mol. The second-order valence-electron chi connectivity index (χ2n) is 7.30. The lowest BCUT2D eigenvalue weighted by Gasteiger charge is -2.35. The Morgan fingerprint density at radius 2 is 1.96 bits per heavy atom. The molecule has 8 heteroatoms. The van der Waals surface area contributed by atoms with Crippen LogP contribution in [0.25, 0.3) is 0 Å². The number of thiazole rings is 1. The summed E-state index contributed by atoms with van der Waals surface area (Å²) < 4.78 is 0. The predicted octanol–water partition coefficient (Wildman–Crippen LogP) is 3.07. The zero-order chi connectivity index (χ0) is 19.3. The maximum Gasteiger partial charge on any atom is 0.191 e. The number of benzene rings is 1. The van der Waals surface area contributed by atoms with Gasteiger partial charge in [-0.1, -0.05) is 23.7 Å². The quantitative estimate of drug-likeness (QED) is 0.597. The number of guanidine groups is 1. The van der Waals surface area contributed by atoms with Gasteiger partial charge >= 0.3 is 0 Å². The summed E-state index contributed by atoms with van der Waals surface area (Å²) in [6, 6.07) is 8.38. The number of hydrogen-bond donors (Lipinski definition) is 1. The van der Waals surface area contributed by atoms with Gasteiger partial charge in [-0.2, -0.15) is 0 Å². The number of rotatable bonds is 5. The molecule has 2 aliphatic heterocycles. The molecule has 1 aromatic heterocycles. The molecule has 0 spiro atoms. The number of piperazine rings is 1. The number of likely N-dealkylation sites (tertiary alicyclic amines) is 1. The minimum atomic E-state index is 0.233. The maximum absolute atomic E-state index is 6.37. The van der Waals surface area contributed by atoms with Crippen LogP contribution in [-0.4, -0.2) is 66.6 Å². The fourth-order valence-electron chi connectivity index (χ4n) is 3.98. The van der Waals surface area contributed by atoms with Gasteiger partial charge in [0.15, 0.2) is 11.1 Å². The van der Waals surface area contributed by atoms with Crippen LogP contribution in [0.3, 0.4) is 0 Å². The van der Waals surface area contributed by atoms with Gasteiger partial charge in [-0.15, -0.1) is 11.3 Å². The van der Waals surface area contributed by atoms with Crippen molar-refractivity contribution >= 4 is 34.0 Å². The van der Waals surface area contributed by atoms with Crippen molar-refractivity contribution in [3.05, 3.63) is 46.4 Å². The minimum Gasteiger partial charge on any atom is -0.370 e. The van der Waals surface area contributed by atoms with Crippen LogP contribution in [0.2, 0.25) is 5.02 Å². The summed E-state index contributed by atoms with van der Waals surface area (Å²) in [5, 5.41) is 3.88. The zero-order valence-corrected chi connectivity index (χ0v) is 17.6. The third kappa shape index (κ3) is 4.59. The monoisotopic (exact) mass is 418 g/mol. The molecule has 0 amide bonds. The van der Waals surface area contributed by atoms with E-state index in [1.54, 1.807) is 11.3 Å². The highest BCUT2D eigenvalue weighted by Crippen LogP contribution is 2.27. The van der Waals surface area contributed by atoms with Crippen molar-refractivity contribution in [2.24, 2.45) is 10.7 Å². The molecular weight excluding hydrogens is 392 g/mol. The van der Waals surface area contributed by atoms with E-state index in [4.69, 9.17) is 22.3 Å². The highest BCUT2D eigenvalue weighted by molar-refractivity contribution is 7.13. The Hall–Kier alpha value is -1.83. The second-order valence-corrected chi connectivity index (χ2v) is 8.61. The maximum atomic E-state index is 6.37. The Morgan fingerprint density at radius 1 is 1.18 bits per heavy atom. The van der Waals surface area contributed by atoms with Crippen molar-refractivity contribution in [2.45, 2.75) is 18.9 Å². The van der Waals surface area contributed by atoms with Gasteiger partial charge in [0.05, 0.1) is 12.6 Å². The van der Waals surface area contributed by atoms with Crippen molar-refractivity contribution in [2.75, 3.05) is 50.7 Å². The van der Waals surface area contributed by atoms with Crippen LogP contribution in [0.1, 0.15) is 24.4 Å². The van der Waals surface area contributed by atoms with Gasteiger partial charge in [-0.25, -0.2) is 4.98 Å². The molecular formula is C20H27ClN6S. The highest BCUT2D eigenvalue weighted by Gasteiger charge is 2.24. The summed E-state index contributed by atoms with van der Waals surface area (Å²) in [5.74, 6) is 0.644. The lowest BCUT2D eigenvalue weighted by atomic mass is 10.1. The number of nitrogens with zero attached hydrogens (tertiary/aromatic N) is 5. The van der Waals surface area contributed by atoms with Gasteiger partial charge in [-0.3, -0.25) is 9.89 Å². The summed E-state index contributed by atoms with van der Waals surface area (Å²) in [4.78, 5) is 16.2. The van der Waals surface area contributed by atoms with Crippen LogP contribution in [0.15, 0.2) is 40.8 Å². The van der Waals surface area contributed by atoms with E-state index in [9.17, 15) is 0 Å². The SMILES string of the molecule is NC(=NCC(c1cccc(Cl)c1)N1CCCC1)N1CCN(c2nccs2)CC1. The molecule has 3 heterocycles. The number of aromatic nitrogens is 1. The molecule has 150 valence electrons. The van der Waals surface area contributed by atoms with Gasteiger partial charge in [0.25, 0.3) is 0 Å². The molecule has 0 radical (unpaired) electrons. The van der Waals surface area contributed by atoms with E-state index < -0.39 is 0 Å². The minimum absolute atomic E-state index is 0.233. The third-order valence-electron chi connectivity index (χ3n) is 5.53. The van der Waals surface area contributed by atoms with Crippen molar-refractivity contribution < 1.29 is 0 Å². The largest absolute Gasteiger partial charge is 0.370 e. The molecule has 2 fully saturated rings. The second kappa shape index (κ2) is 9.11. The Bertz CT molecular complexity index is 782. The molecule has 0 saturated carbocycles. The molecule has 28 heavy (non-hydrogen) atoms. The Balaban J connectivity index is 1.40. The zero-order valence-electron chi connectivity index (χ0n) is 16.0. The first-order valence-corrected chi connectivity index (χ1v) is 11.2. The summed E-state index contributed by atoms with van der Waals surface area (Å²) in [5.41, 5.74) is 7.59. The van der Waals surface area contributed by atoms with E-state index in [0.717, 1.165) is 49.4 Å². The molecule has 1 unspecified atom stereocenters. The molecule has 6 nitrogen and oxygen atoms in total. The number of nitrogens with two attached hydrogens (primary N) is 1. The van der Waals surface area contributed by atoms with Gasteiger partial charge in [0.1, 0.15) is 0 Å². The topological polar surface area (TPSA) is 61.0 Å². The van der Waals surface area contributed by atoms with E-state index in [1.165, 1.54) is 18.4 Å². The first-order chi connectivity index (χ1) is 13.7. The van der Waals surface area contributed by atoms with Crippen molar-refractivity contribution in [1.29, 1.82) is 0 Å². The van der Waals surface area contributed by atoms with Crippen molar-refractivity contribution in [1.82, 2.24) is 14.8 Å². The number of aliphatic imine (C=N–C) groups is 1. The molecule has 0 bridgehead atoms. The smallest absolute Gasteiger partial charge is 0.191 e. The van der Waals surface area contributed by atoms with Crippen LogP contribution < -0.4 is 10.6 Å². The summed E-state index contributed by atoms with van der Waals surface area (Å²) in [6.45, 7) is 6.49. The molecule has 2 aromatic rings. The van der Waals surface area contributed by atoms with E-state index in [-0.39, 0.29) is 6.04 Å². The van der Waals surface area contributed by atoms with Crippen LogP contribution in [-0.2, 0) is 0 Å². The van der Waals surface area contributed by atoms with Crippen LogP contribution in [0, 0.1) is 0 Å². The molecule has 1 atom stereocenters. The average Bonchev–Trinajstić information content (AvgIpc) is 3.43. The Kier molecular flexibility index (Phi) is 6.34. The van der Waals surface area contributed by atoms with Gasteiger partial charge in [0, 0.05) is 42.8 Å². The lowest BCUT2D eigenvalue weighted by molar-refractivity contribution is 0.251. The van der Waals surface area contributed by atoms with Crippen LogP contribution >= 0.6 is 22.9 Å². The standard InChI is InChI=1S/C20H27ClN6S/c21-17-5-3-4-16(14-17)18(25-7-1-2-8-25)15-24-19(22)26-9-11-27(12-10-26)20-23-6-13-28-20/h3-6,13-14,18H,1-2,7-12,15H2,(H2,22,24). The Morgan fingerprint density at radius 3 is 2.64 bits per heavy atom. The van der Waals surface area contributed by atoms with Crippen LogP contribution in [0.4, 0.5) is 5.13 Å². The number of anilines is 1. The van der Waals surface area contributed by atoms with E-state index >= 15 is 0 Å². The van der Waals surface area contributed by atoms with Crippen molar-refractivity contribution in [3.8, 4) is 0 Å². The highest BCUT2D eigenvalue weighted by atomic mass is 35.5. The fraction of sp³-hybridized carbons (Fsp3) is 0.500. The normalized spacial score (nSPS) is 20.0. The first-order valence-electron chi connectivity index (χ1n) is 9.89. The lowest BCUT2D eigenvalue weighted by Crippen LogP contribution is -2.51. The molecule has 0 aliphatic carbocycles. The Labute approximate surface area is 175 Å². The first kappa shape index (κ1) is 19.5. The number of halogens is 1. The van der Waals surface area contributed by atoms with Gasteiger partial charge in [0.2, 0.25) is 0 Å². The van der Waals surface area contributed by atoms with E-state index in [0.29, 0.717) is 12.5 Å². The molecule has 2 N–H and O–H groups in total. The summed E-state index contributed by atoms with van der Waals surface area (Å²) >= 11 is 7.92. The van der Waals surface area contributed by atoms with E-state index in [2.05, 4.69) is 31.8 Å². The fourth-order valence-corrected chi connectivity index (χ4v) is 4.87. The number of hydrogen-bond acceptors (Lipinski definition) is 5. The van der Waals surface area contributed by atoms with E-state index in [1.807, 2.05) is 23.7 Å². The summed E-state index contributed by atoms with van der Waals surface area (Å²) in [7, 11) is 0. The van der Waals surface area contributed by atoms with Gasteiger partial charge < -0.3 is 15.5 Å². The summed E-state index contributed by atoms with van der Waals surface area (Å²) in [6.07, 6.45) is 4.35. The molecule has 2 saturated heterocycles. The van der Waals surface area contributed by atoms with Crippen molar-refractivity contribution in [3.63, 3.8) is 0 Å². The molecule has 4 rings (SSSR count). The predicted molar refractivity (Wildman–Crippen MR) is 117 cm³/mol. The molecule has 1 aromatic carbocycles. The van der Waals surface area contributed by atoms with Crippen LogP contribution in [0.5, 0.6) is 0 Å². The molecule has 2 aliphatic rings. The third-order valence-corrected chi connectivity index (χ3v) is 6.60. The van der Waals surface area contributed by atoms with Gasteiger partial charge in [-0.05, 0) is 43.6 Å².